The molecule has 28 heavy (non-hydrogen) atoms. The molecular weight excluding hydrogens is 443 g/mol. The monoisotopic (exact) mass is 478 g/mol. The zero-order valence-electron chi connectivity index (χ0n) is 18.1. The van der Waals surface area contributed by atoms with Crippen molar-refractivity contribution in [2.75, 3.05) is 26.4 Å². The van der Waals surface area contributed by atoms with Crippen molar-refractivity contribution in [3.05, 3.63) is 22.2 Å². The van der Waals surface area contributed by atoms with E-state index in [1.807, 2.05) is 26.0 Å². The maximum Gasteiger partial charge on any atom is 0.335 e. The van der Waals surface area contributed by atoms with E-state index in [2.05, 4.69) is 43.6 Å². The Morgan fingerprint density at radius 3 is 1.86 bits per heavy atom. The Morgan fingerprint density at radius 1 is 0.893 bits per heavy atom. The Bertz CT molecular complexity index is 623. The summed E-state index contributed by atoms with van der Waals surface area (Å²) in [5, 5.41) is 0. The highest BCUT2D eigenvalue weighted by Gasteiger charge is 2.27. The van der Waals surface area contributed by atoms with Crippen molar-refractivity contribution >= 4 is 23.5 Å². The zero-order chi connectivity index (χ0) is 21.2. The molecule has 0 N–H and O–H groups in total. The Balaban J connectivity index is 3.11. The van der Waals surface area contributed by atoms with Gasteiger partial charge < -0.3 is 18.5 Å². The summed E-state index contributed by atoms with van der Waals surface area (Å²) in [6.07, 6.45) is 2.06. The van der Waals surface area contributed by atoms with Crippen molar-refractivity contribution in [3.8, 4) is 11.5 Å². The van der Waals surface area contributed by atoms with Gasteiger partial charge in [0.15, 0.2) is 0 Å². The Hall–Kier alpha value is -0.550. The molecule has 0 aromatic heterocycles. The largest absolute Gasteiger partial charge is 0.493 e. The lowest BCUT2D eigenvalue weighted by Crippen LogP contribution is -2.07. The number of ether oxygens (including phenoxy) is 2. The minimum absolute atomic E-state index is 0.152. The minimum atomic E-state index is -3.25. The molecule has 0 fully saturated rings. The summed E-state index contributed by atoms with van der Waals surface area (Å²) in [5.74, 6) is 2.51. The van der Waals surface area contributed by atoms with Crippen LogP contribution in [0.15, 0.2) is 16.6 Å². The van der Waals surface area contributed by atoms with E-state index in [0.717, 1.165) is 22.9 Å². The molecule has 0 saturated heterocycles. The summed E-state index contributed by atoms with van der Waals surface area (Å²) >= 11 is 3.57. The standard InChI is InChI=1S/C21H36BrO5P/c1-7-26-28(23,27-8-2)15-18-13-21(25-12-10-17(5)6)19(22)14-20(18)24-11-9-16(3)4/h13-14,16-17H,7-12,15H2,1-6H3. The van der Waals surface area contributed by atoms with Crippen LogP contribution in [-0.4, -0.2) is 26.4 Å². The highest BCUT2D eigenvalue weighted by molar-refractivity contribution is 9.10. The van der Waals surface area contributed by atoms with Gasteiger partial charge in [-0.25, -0.2) is 0 Å². The molecule has 1 aromatic carbocycles. The fraction of sp³-hybridized carbons (Fsp3) is 0.714. The van der Waals surface area contributed by atoms with Gasteiger partial charge in [-0.05, 0) is 66.6 Å². The predicted octanol–water partition coefficient (Wildman–Crippen LogP) is 7.07. The van der Waals surface area contributed by atoms with Crippen LogP contribution in [0.3, 0.4) is 0 Å². The Morgan fingerprint density at radius 2 is 1.39 bits per heavy atom. The van der Waals surface area contributed by atoms with Gasteiger partial charge in [0.1, 0.15) is 11.5 Å². The van der Waals surface area contributed by atoms with E-state index < -0.39 is 7.60 Å². The quantitative estimate of drug-likeness (QED) is 0.267. The summed E-state index contributed by atoms with van der Waals surface area (Å²) in [5.41, 5.74) is 0.775. The molecule has 0 atom stereocenters. The molecule has 1 aromatic rings. The Kier molecular flexibility index (Phi) is 11.7. The Labute approximate surface area is 179 Å². The molecule has 1 rings (SSSR count). The topological polar surface area (TPSA) is 54.0 Å². The van der Waals surface area contributed by atoms with E-state index in [-0.39, 0.29) is 6.16 Å². The summed E-state index contributed by atoms with van der Waals surface area (Å²) in [7, 11) is -3.25. The lowest BCUT2D eigenvalue weighted by atomic mass is 10.1. The van der Waals surface area contributed by atoms with Crippen LogP contribution >= 0.6 is 23.5 Å². The van der Waals surface area contributed by atoms with Gasteiger partial charge in [-0.3, -0.25) is 4.57 Å². The number of benzene rings is 1. The number of hydrogen-bond acceptors (Lipinski definition) is 5. The molecule has 162 valence electrons. The van der Waals surface area contributed by atoms with E-state index in [4.69, 9.17) is 18.5 Å². The normalized spacial score (nSPS) is 12.0. The maximum atomic E-state index is 13.1. The summed E-state index contributed by atoms with van der Waals surface area (Å²) in [6, 6.07) is 3.78. The van der Waals surface area contributed by atoms with Crippen molar-refractivity contribution in [3.63, 3.8) is 0 Å². The fourth-order valence-corrected chi connectivity index (χ4v) is 4.63. The molecule has 0 unspecified atom stereocenters. The van der Waals surface area contributed by atoms with Crippen molar-refractivity contribution < 1.29 is 23.1 Å². The molecule has 0 radical (unpaired) electrons. The molecule has 0 saturated carbocycles. The van der Waals surface area contributed by atoms with Gasteiger partial charge in [-0.15, -0.1) is 0 Å². The smallest absolute Gasteiger partial charge is 0.335 e. The number of hydrogen-bond donors (Lipinski definition) is 0. The predicted molar refractivity (Wildman–Crippen MR) is 119 cm³/mol. The van der Waals surface area contributed by atoms with Crippen molar-refractivity contribution in [2.45, 2.75) is 60.5 Å². The van der Waals surface area contributed by atoms with E-state index >= 15 is 0 Å². The molecule has 0 aliphatic heterocycles. The number of halogens is 1. The molecule has 0 amide bonds. The molecule has 7 heteroatoms. The molecule has 0 aliphatic rings. The van der Waals surface area contributed by atoms with Gasteiger partial charge >= 0.3 is 7.60 Å². The van der Waals surface area contributed by atoms with Crippen molar-refractivity contribution in [2.24, 2.45) is 11.8 Å². The van der Waals surface area contributed by atoms with Crippen molar-refractivity contribution in [1.82, 2.24) is 0 Å². The van der Waals surface area contributed by atoms with Crippen LogP contribution in [-0.2, 0) is 19.8 Å². The van der Waals surface area contributed by atoms with Crippen LogP contribution in [0.25, 0.3) is 0 Å². The maximum absolute atomic E-state index is 13.1. The third-order valence-electron chi connectivity index (χ3n) is 4.04. The second-order valence-electron chi connectivity index (χ2n) is 7.56. The molecule has 5 nitrogen and oxygen atoms in total. The summed E-state index contributed by atoms with van der Waals surface area (Å²) in [6.45, 7) is 14.1. The average Bonchev–Trinajstić information content (AvgIpc) is 2.58. The first-order valence-electron chi connectivity index (χ1n) is 10.2. The molecule has 0 heterocycles. The first kappa shape index (κ1) is 25.5. The highest BCUT2D eigenvalue weighted by Crippen LogP contribution is 2.53. The molecule has 0 bridgehead atoms. The van der Waals surface area contributed by atoms with E-state index in [9.17, 15) is 4.57 Å². The highest BCUT2D eigenvalue weighted by atomic mass is 79.9. The van der Waals surface area contributed by atoms with Crippen LogP contribution in [0.2, 0.25) is 0 Å². The van der Waals surface area contributed by atoms with Gasteiger partial charge in [0.2, 0.25) is 0 Å². The lowest BCUT2D eigenvalue weighted by molar-refractivity contribution is 0.218. The molecular formula is C21H36BrO5P. The molecule has 0 spiro atoms. The summed E-state index contributed by atoms with van der Waals surface area (Å²) < 4.78 is 36.8. The van der Waals surface area contributed by atoms with E-state index in [1.165, 1.54) is 0 Å². The minimum Gasteiger partial charge on any atom is -0.493 e. The van der Waals surface area contributed by atoms with Crippen LogP contribution in [0, 0.1) is 11.8 Å². The first-order chi connectivity index (χ1) is 13.2. The SMILES string of the molecule is CCOP(=O)(Cc1cc(OCCC(C)C)c(Br)cc1OCCC(C)C)OCC. The average molecular weight is 479 g/mol. The molecule has 0 aliphatic carbocycles. The third-order valence-corrected chi connectivity index (χ3v) is 6.69. The van der Waals surface area contributed by atoms with Crippen LogP contribution in [0.4, 0.5) is 0 Å². The first-order valence-corrected chi connectivity index (χ1v) is 12.7. The lowest BCUT2D eigenvalue weighted by Gasteiger charge is -2.20. The van der Waals surface area contributed by atoms with Crippen LogP contribution in [0.5, 0.6) is 11.5 Å². The second kappa shape index (κ2) is 12.9. The van der Waals surface area contributed by atoms with Crippen LogP contribution in [0.1, 0.15) is 59.9 Å². The van der Waals surface area contributed by atoms with Gasteiger partial charge in [0, 0.05) is 5.56 Å². The van der Waals surface area contributed by atoms with Crippen molar-refractivity contribution in [1.29, 1.82) is 0 Å². The van der Waals surface area contributed by atoms with Gasteiger partial charge in [-0.2, -0.15) is 0 Å². The zero-order valence-corrected chi connectivity index (χ0v) is 20.6. The van der Waals surface area contributed by atoms with Crippen LogP contribution < -0.4 is 9.47 Å². The van der Waals surface area contributed by atoms with Gasteiger partial charge in [-0.1, -0.05) is 27.7 Å². The fourth-order valence-electron chi connectivity index (χ4n) is 2.49. The van der Waals surface area contributed by atoms with Gasteiger partial charge in [0.25, 0.3) is 0 Å². The number of rotatable bonds is 14. The second-order valence-corrected chi connectivity index (χ2v) is 10.5. The van der Waals surface area contributed by atoms with E-state index in [1.54, 1.807) is 0 Å². The van der Waals surface area contributed by atoms with E-state index in [0.29, 0.717) is 49.8 Å². The van der Waals surface area contributed by atoms with Gasteiger partial charge in [0.05, 0.1) is 37.1 Å². The summed E-state index contributed by atoms with van der Waals surface area (Å²) in [4.78, 5) is 0. The third kappa shape index (κ3) is 9.30.